The summed E-state index contributed by atoms with van der Waals surface area (Å²) in [5, 5.41) is 0.688. The molecule has 33 heavy (non-hydrogen) atoms. The standard InChI is InChI=1S/C24H28ClN3O4S/c1-24(2,13-25)23(30)27-10-8-16-19(12-27)33-21-20(16)22(29)28(14-26-21)9-7-15-5-6-17(31-3)18(11-15)32-4/h5-6,11,14H,7-10,12-13H2,1-4H3. The summed E-state index contributed by atoms with van der Waals surface area (Å²) in [6, 6.07) is 5.77. The number of halogens is 1. The number of nitrogens with zero attached hydrogens (tertiary/aromatic N) is 3. The molecule has 3 heterocycles. The summed E-state index contributed by atoms with van der Waals surface area (Å²) in [6.07, 6.45) is 2.93. The lowest BCUT2D eigenvalue weighted by Crippen LogP contribution is -2.44. The summed E-state index contributed by atoms with van der Waals surface area (Å²) in [4.78, 5) is 34.3. The lowest BCUT2D eigenvalue weighted by molar-refractivity contribution is -0.140. The van der Waals surface area contributed by atoms with E-state index in [-0.39, 0.29) is 17.3 Å². The predicted octanol–water partition coefficient (Wildman–Crippen LogP) is 3.87. The molecule has 0 unspecified atom stereocenters. The van der Waals surface area contributed by atoms with Crippen molar-refractivity contribution < 1.29 is 14.3 Å². The second-order valence-electron chi connectivity index (χ2n) is 8.86. The molecule has 0 fully saturated rings. The van der Waals surface area contributed by atoms with Gasteiger partial charge in [0.2, 0.25) is 5.91 Å². The Bertz CT molecular complexity index is 1250. The van der Waals surface area contributed by atoms with Crippen LogP contribution in [0.5, 0.6) is 11.5 Å². The van der Waals surface area contributed by atoms with Crippen LogP contribution >= 0.6 is 22.9 Å². The van der Waals surface area contributed by atoms with Gasteiger partial charge in [-0.05, 0) is 49.9 Å². The minimum Gasteiger partial charge on any atom is -0.493 e. The average molecular weight is 490 g/mol. The molecule has 1 aliphatic rings. The van der Waals surface area contributed by atoms with Crippen molar-refractivity contribution in [3.8, 4) is 11.5 Å². The Morgan fingerprint density at radius 1 is 1.24 bits per heavy atom. The minimum atomic E-state index is -0.606. The second-order valence-corrected chi connectivity index (χ2v) is 10.2. The Morgan fingerprint density at radius 2 is 2.00 bits per heavy atom. The fourth-order valence-electron chi connectivity index (χ4n) is 4.12. The lowest BCUT2D eigenvalue weighted by Gasteiger charge is -2.33. The van der Waals surface area contributed by atoms with Gasteiger partial charge in [-0.15, -0.1) is 22.9 Å². The number of alkyl halides is 1. The van der Waals surface area contributed by atoms with E-state index in [2.05, 4.69) is 4.98 Å². The van der Waals surface area contributed by atoms with Crippen molar-refractivity contribution in [2.45, 2.75) is 39.8 Å². The van der Waals surface area contributed by atoms with Crippen molar-refractivity contribution in [3.63, 3.8) is 0 Å². The molecule has 0 radical (unpaired) electrons. The maximum Gasteiger partial charge on any atom is 0.262 e. The van der Waals surface area contributed by atoms with Gasteiger partial charge in [0.1, 0.15) is 4.83 Å². The highest BCUT2D eigenvalue weighted by Gasteiger charge is 2.34. The molecule has 1 amide bonds. The van der Waals surface area contributed by atoms with Crippen molar-refractivity contribution >= 4 is 39.1 Å². The van der Waals surface area contributed by atoms with Crippen LogP contribution in [0.25, 0.3) is 10.2 Å². The molecule has 9 heteroatoms. The van der Waals surface area contributed by atoms with Crippen molar-refractivity contribution in [2.75, 3.05) is 26.6 Å². The average Bonchev–Trinajstić information content (AvgIpc) is 3.21. The van der Waals surface area contributed by atoms with E-state index in [0.717, 1.165) is 20.8 Å². The quantitative estimate of drug-likeness (QED) is 0.471. The lowest BCUT2D eigenvalue weighted by atomic mass is 9.93. The Balaban J connectivity index is 1.57. The monoisotopic (exact) mass is 489 g/mol. The predicted molar refractivity (Wildman–Crippen MR) is 131 cm³/mol. The number of hydrogen-bond donors (Lipinski definition) is 0. The van der Waals surface area contributed by atoms with Crippen molar-refractivity contribution in [1.82, 2.24) is 14.5 Å². The maximum absolute atomic E-state index is 13.3. The molecular formula is C24H28ClN3O4S. The Hall–Kier alpha value is -2.58. The van der Waals surface area contributed by atoms with E-state index >= 15 is 0 Å². The summed E-state index contributed by atoms with van der Waals surface area (Å²) in [5.41, 5.74) is 1.44. The molecule has 0 saturated carbocycles. The zero-order valence-electron chi connectivity index (χ0n) is 19.3. The molecule has 1 aliphatic heterocycles. The maximum atomic E-state index is 13.3. The summed E-state index contributed by atoms with van der Waals surface area (Å²) >= 11 is 7.51. The molecule has 2 aromatic heterocycles. The van der Waals surface area contributed by atoms with Gasteiger partial charge in [-0.1, -0.05) is 6.07 Å². The van der Waals surface area contributed by atoms with Crippen LogP contribution < -0.4 is 15.0 Å². The van der Waals surface area contributed by atoms with Crippen molar-refractivity contribution in [1.29, 1.82) is 0 Å². The van der Waals surface area contributed by atoms with E-state index < -0.39 is 5.41 Å². The summed E-state index contributed by atoms with van der Waals surface area (Å²) in [6.45, 7) is 5.32. The highest BCUT2D eigenvalue weighted by Crippen LogP contribution is 2.34. The highest BCUT2D eigenvalue weighted by molar-refractivity contribution is 7.18. The van der Waals surface area contributed by atoms with E-state index in [1.165, 1.54) is 11.3 Å². The number of carbonyl (C=O) groups is 1. The van der Waals surface area contributed by atoms with E-state index in [0.29, 0.717) is 49.4 Å². The van der Waals surface area contributed by atoms with Crippen LogP contribution in [0.3, 0.4) is 0 Å². The molecule has 176 valence electrons. The Morgan fingerprint density at radius 3 is 2.70 bits per heavy atom. The number of hydrogen-bond acceptors (Lipinski definition) is 6. The number of thiophene rings is 1. The molecule has 0 spiro atoms. The molecule has 0 atom stereocenters. The molecule has 0 aliphatic carbocycles. The molecule has 4 rings (SSSR count). The topological polar surface area (TPSA) is 73.7 Å². The fourth-order valence-corrected chi connectivity index (χ4v) is 5.43. The van der Waals surface area contributed by atoms with Gasteiger partial charge in [-0.25, -0.2) is 4.98 Å². The van der Waals surface area contributed by atoms with Crippen LogP contribution in [0.4, 0.5) is 0 Å². The molecule has 1 aromatic carbocycles. The van der Waals surface area contributed by atoms with E-state index in [1.807, 2.05) is 36.9 Å². The third kappa shape index (κ3) is 4.46. The third-order valence-corrected chi connectivity index (χ3v) is 7.91. The van der Waals surface area contributed by atoms with Gasteiger partial charge in [0.25, 0.3) is 5.56 Å². The highest BCUT2D eigenvalue weighted by atomic mass is 35.5. The first kappa shape index (κ1) is 23.6. The number of aromatic nitrogens is 2. The van der Waals surface area contributed by atoms with Crippen LogP contribution in [0.15, 0.2) is 29.3 Å². The number of ether oxygens (including phenoxy) is 2. The van der Waals surface area contributed by atoms with Gasteiger partial charge in [0.15, 0.2) is 11.5 Å². The largest absolute Gasteiger partial charge is 0.493 e. The fraction of sp³-hybridized carbons (Fsp3) is 0.458. The molecule has 0 N–H and O–H groups in total. The van der Waals surface area contributed by atoms with Crippen LogP contribution in [0, 0.1) is 5.41 Å². The number of amides is 1. The van der Waals surface area contributed by atoms with Gasteiger partial charge in [0.05, 0.1) is 37.9 Å². The van der Waals surface area contributed by atoms with E-state index in [9.17, 15) is 9.59 Å². The van der Waals surface area contributed by atoms with Gasteiger partial charge in [-0.3, -0.25) is 14.2 Å². The summed E-state index contributed by atoms with van der Waals surface area (Å²) < 4.78 is 12.3. The molecule has 7 nitrogen and oxygen atoms in total. The zero-order chi connectivity index (χ0) is 23.8. The van der Waals surface area contributed by atoms with Crippen molar-refractivity contribution in [2.24, 2.45) is 5.41 Å². The van der Waals surface area contributed by atoms with E-state index in [4.69, 9.17) is 21.1 Å². The first-order valence-electron chi connectivity index (χ1n) is 10.8. The molecule has 3 aromatic rings. The number of fused-ring (bicyclic) bond motifs is 3. The number of carbonyl (C=O) groups excluding carboxylic acids is 1. The summed E-state index contributed by atoms with van der Waals surface area (Å²) in [5.74, 6) is 1.65. The summed E-state index contributed by atoms with van der Waals surface area (Å²) in [7, 11) is 3.21. The number of rotatable bonds is 7. The molecule has 0 saturated heterocycles. The minimum absolute atomic E-state index is 0.0289. The number of benzene rings is 1. The van der Waals surface area contributed by atoms with Gasteiger partial charge < -0.3 is 14.4 Å². The zero-order valence-corrected chi connectivity index (χ0v) is 20.9. The van der Waals surface area contributed by atoms with Crippen LogP contribution in [0.2, 0.25) is 0 Å². The second kappa shape index (κ2) is 9.35. The SMILES string of the molecule is COc1ccc(CCn2cnc3sc4c(c3c2=O)CCN(C(=O)C(C)(C)CCl)C4)cc1OC. The Kier molecular flexibility index (Phi) is 6.68. The van der Waals surface area contributed by atoms with Crippen LogP contribution in [0.1, 0.15) is 29.9 Å². The van der Waals surface area contributed by atoms with Crippen LogP contribution in [-0.2, 0) is 30.7 Å². The first-order valence-corrected chi connectivity index (χ1v) is 12.2. The van der Waals surface area contributed by atoms with E-state index in [1.54, 1.807) is 25.1 Å². The smallest absolute Gasteiger partial charge is 0.262 e. The third-order valence-electron chi connectivity index (χ3n) is 6.12. The van der Waals surface area contributed by atoms with Gasteiger partial charge >= 0.3 is 0 Å². The van der Waals surface area contributed by atoms with Gasteiger partial charge in [-0.2, -0.15) is 0 Å². The van der Waals surface area contributed by atoms with Gasteiger partial charge in [0, 0.05) is 23.8 Å². The van der Waals surface area contributed by atoms with Crippen molar-refractivity contribution in [3.05, 3.63) is 50.9 Å². The number of aryl methyl sites for hydroxylation is 2. The first-order chi connectivity index (χ1) is 15.8. The molecule has 0 bridgehead atoms. The van der Waals surface area contributed by atoms with Crippen LogP contribution in [-0.4, -0.2) is 47.0 Å². The Labute approximate surface area is 201 Å². The molecular weight excluding hydrogens is 462 g/mol. The normalized spacial score (nSPS) is 13.8. The number of methoxy groups -OCH3 is 2.